The molecule has 1 saturated heterocycles. The molecule has 8 heteroatoms. The SMILES string of the molecule is CC1COCCN1c1cc(-c2ccccc2F)c2cnn(-c3ccn[nH]3)c2n1. The summed E-state index contributed by atoms with van der Waals surface area (Å²) in [5.74, 6) is 1.21. The van der Waals surface area contributed by atoms with Crippen molar-refractivity contribution in [2.45, 2.75) is 13.0 Å². The van der Waals surface area contributed by atoms with Gasteiger partial charge < -0.3 is 9.64 Å². The average molecular weight is 378 g/mol. The first-order valence-corrected chi connectivity index (χ1v) is 9.20. The second-order valence-electron chi connectivity index (χ2n) is 6.86. The summed E-state index contributed by atoms with van der Waals surface area (Å²) in [5, 5.41) is 12.2. The van der Waals surface area contributed by atoms with Crippen molar-refractivity contribution in [2.75, 3.05) is 24.7 Å². The van der Waals surface area contributed by atoms with Gasteiger partial charge in [0, 0.05) is 29.1 Å². The normalized spacial score (nSPS) is 17.4. The summed E-state index contributed by atoms with van der Waals surface area (Å²) in [5.41, 5.74) is 1.95. The van der Waals surface area contributed by atoms with E-state index in [0.29, 0.717) is 30.2 Å². The molecule has 5 rings (SSSR count). The average Bonchev–Trinajstić information content (AvgIpc) is 3.37. The Kier molecular flexibility index (Phi) is 4.05. The van der Waals surface area contributed by atoms with Crippen LogP contribution >= 0.6 is 0 Å². The minimum absolute atomic E-state index is 0.177. The van der Waals surface area contributed by atoms with Gasteiger partial charge in [0.15, 0.2) is 11.5 Å². The molecule has 1 unspecified atom stereocenters. The number of morpholine rings is 1. The van der Waals surface area contributed by atoms with Gasteiger partial charge >= 0.3 is 0 Å². The van der Waals surface area contributed by atoms with Crippen LogP contribution in [0.15, 0.2) is 48.8 Å². The van der Waals surface area contributed by atoms with Gasteiger partial charge in [0.05, 0.1) is 31.6 Å². The number of benzene rings is 1. The molecule has 1 atom stereocenters. The predicted molar refractivity (Wildman–Crippen MR) is 104 cm³/mol. The number of hydrogen-bond donors (Lipinski definition) is 1. The molecule has 1 fully saturated rings. The molecule has 0 radical (unpaired) electrons. The molecule has 1 aliphatic rings. The number of halogens is 1. The van der Waals surface area contributed by atoms with E-state index in [-0.39, 0.29) is 11.9 Å². The number of rotatable bonds is 3. The van der Waals surface area contributed by atoms with Crippen LogP contribution in [0.25, 0.3) is 28.0 Å². The summed E-state index contributed by atoms with van der Waals surface area (Å²) in [4.78, 5) is 7.07. The fraction of sp³-hybridized carbons (Fsp3) is 0.250. The third kappa shape index (κ3) is 2.73. The number of aromatic nitrogens is 5. The van der Waals surface area contributed by atoms with Crippen molar-refractivity contribution in [3.05, 3.63) is 54.6 Å². The van der Waals surface area contributed by atoms with Gasteiger partial charge in [-0.05, 0) is 19.1 Å². The zero-order chi connectivity index (χ0) is 19.1. The number of hydrogen-bond acceptors (Lipinski definition) is 5. The second kappa shape index (κ2) is 6.72. The lowest BCUT2D eigenvalue weighted by molar-refractivity contribution is 0.0985. The Hall–Kier alpha value is -3.26. The van der Waals surface area contributed by atoms with Crippen molar-refractivity contribution in [3.8, 4) is 16.9 Å². The predicted octanol–water partition coefficient (Wildman–Crippen LogP) is 3.17. The molecule has 1 aromatic carbocycles. The van der Waals surface area contributed by atoms with E-state index in [4.69, 9.17) is 9.72 Å². The van der Waals surface area contributed by atoms with Gasteiger partial charge in [-0.3, -0.25) is 5.10 Å². The summed E-state index contributed by atoms with van der Waals surface area (Å²) in [7, 11) is 0. The van der Waals surface area contributed by atoms with Crippen LogP contribution in [-0.4, -0.2) is 50.8 Å². The van der Waals surface area contributed by atoms with Gasteiger partial charge in [-0.25, -0.2) is 9.37 Å². The summed E-state index contributed by atoms with van der Waals surface area (Å²) in [6, 6.07) is 10.7. The summed E-state index contributed by atoms with van der Waals surface area (Å²) >= 11 is 0. The molecule has 1 aliphatic heterocycles. The van der Waals surface area contributed by atoms with Gasteiger partial charge in [0.25, 0.3) is 0 Å². The third-order valence-electron chi connectivity index (χ3n) is 5.07. The molecule has 3 aromatic heterocycles. The molecule has 28 heavy (non-hydrogen) atoms. The molecule has 0 spiro atoms. The van der Waals surface area contributed by atoms with E-state index in [2.05, 4.69) is 27.1 Å². The van der Waals surface area contributed by atoms with E-state index in [0.717, 1.165) is 23.3 Å². The van der Waals surface area contributed by atoms with Crippen molar-refractivity contribution in [1.82, 2.24) is 25.0 Å². The number of nitrogens with zero attached hydrogens (tertiary/aromatic N) is 5. The van der Waals surface area contributed by atoms with Crippen LogP contribution in [0.4, 0.5) is 10.2 Å². The van der Waals surface area contributed by atoms with Gasteiger partial charge in [-0.2, -0.15) is 14.9 Å². The summed E-state index contributed by atoms with van der Waals surface area (Å²) in [6.07, 6.45) is 3.38. The van der Waals surface area contributed by atoms with E-state index in [1.54, 1.807) is 29.2 Å². The highest BCUT2D eigenvalue weighted by atomic mass is 19.1. The summed E-state index contributed by atoms with van der Waals surface area (Å²) in [6.45, 7) is 4.10. The van der Waals surface area contributed by atoms with Gasteiger partial charge in [0.1, 0.15) is 11.6 Å². The zero-order valence-corrected chi connectivity index (χ0v) is 15.3. The van der Waals surface area contributed by atoms with E-state index in [9.17, 15) is 4.39 Å². The largest absolute Gasteiger partial charge is 0.377 e. The van der Waals surface area contributed by atoms with Crippen LogP contribution in [-0.2, 0) is 4.74 Å². The van der Waals surface area contributed by atoms with Gasteiger partial charge in [-0.15, -0.1) is 0 Å². The highest BCUT2D eigenvalue weighted by Gasteiger charge is 2.24. The molecule has 4 heterocycles. The minimum Gasteiger partial charge on any atom is -0.377 e. The monoisotopic (exact) mass is 378 g/mol. The number of fused-ring (bicyclic) bond motifs is 1. The number of pyridine rings is 1. The third-order valence-corrected chi connectivity index (χ3v) is 5.07. The number of anilines is 1. The zero-order valence-electron chi connectivity index (χ0n) is 15.3. The number of H-pyrrole nitrogens is 1. The molecule has 142 valence electrons. The first-order chi connectivity index (χ1) is 13.7. The minimum atomic E-state index is -0.273. The Morgan fingerprint density at radius 2 is 2.11 bits per heavy atom. The van der Waals surface area contributed by atoms with E-state index in [1.807, 2.05) is 18.2 Å². The van der Waals surface area contributed by atoms with Crippen molar-refractivity contribution in [1.29, 1.82) is 0 Å². The maximum absolute atomic E-state index is 14.6. The standard InChI is InChI=1S/C20H19FN6O/c1-13-12-28-9-8-26(13)19-10-15(14-4-2-3-5-17(14)21)16-11-23-27(20(16)24-19)18-6-7-22-25-18/h2-7,10-11,13H,8-9,12H2,1H3,(H,22,25). The fourth-order valence-corrected chi connectivity index (χ4v) is 3.65. The molecule has 0 amide bonds. The topological polar surface area (TPSA) is 71.9 Å². The molecule has 4 aromatic rings. The quantitative estimate of drug-likeness (QED) is 0.593. The van der Waals surface area contributed by atoms with E-state index in [1.165, 1.54) is 6.07 Å². The Labute approximate surface area is 160 Å². The maximum atomic E-state index is 14.6. The Bertz CT molecular complexity index is 1120. The van der Waals surface area contributed by atoms with Crippen molar-refractivity contribution in [2.24, 2.45) is 0 Å². The Morgan fingerprint density at radius 3 is 2.89 bits per heavy atom. The lowest BCUT2D eigenvalue weighted by atomic mass is 10.0. The lowest BCUT2D eigenvalue weighted by Gasteiger charge is -2.34. The Morgan fingerprint density at radius 1 is 1.21 bits per heavy atom. The smallest absolute Gasteiger partial charge is 0.167 e. The van der Waals surface area contributed by atoms with E-state index >= 15 is 0 Å². The molecule has 0 aliphatic carbocycles. The lowest BCUT2D eigenvalue weighted by Crippen LogP contribution is -2.44. The van der Waals surface area contributed by atoms with Crippen LogP contribution in [0.2, 0.25) is 0 Å². The molecular weight excluding hydrogens is 359 g/mol. The molecule has 1 N–H and O–H groups in total. The highest BCUT2D eigenvalue weighted by Crippen LogP contribution is 2.34. The van der Waals surface area contributed by atoms with Gasteiger partial charge in [-0.1, -0.05) is 18.2 Å². The summed E-state index contributed by atoms with van der Waals surface area (Å²) < 4.78 is 21.9. The fourth-order valence-electron chi connectivity index (χ4n) is 3.65. The van der Waals surface area contributed by atoms with Crippen molar-refractivity contribution in [3.63, 3.8) is 0 Å². The Balaban J connectivity index is 1.77. The maximum Gasteiger partial charge on any atom is 0.167 e. The van der Waals surface area contributed by atoms with Crippen LogP contribution < -0.4 is 4.90 Å². The van der Waals surface area contributed by atoms with Crippen LogP contribution in [0.5, 0.6) is 0 Å². The molecule has 0 bridgehead atoms. The van der Waals surface area contributed by atoms with Crippen LogP contribution in [0, 0.1) is 5.82 Å². The second-order valence-corrected chi connectivity index (χ2v) is 6.86. The first-order valence-electron chi connectivity index (χ1n) is 9.20. The van der Waals surface area contributed by atoms with Crippen LogP contribution in [0.3, 0.4) is 0 Å². The molecule has 7 nitrogen and oxygen atoms in total. The highest BCUT2D eigenvalue weighted by molar-refractivity contribution is 5.95. The van der Waals surface area contributed by atoms with Crippen molar-refractivity contribution >= 4 is 16.9 Å². The molecule has 0 saturated carbocycles. The first kappa shape index (κ1) is 16.9. The van der Waals surface area contributed by atoms with E-state index < -0.39 is 0 Å². The van der Waals surface area contributed by atoms with Crippen LogP contribution in [0.1, 0.15) is 6.92 Å². The molecular formula is C20H19FN6O. The van der Waals surface area contributed by atoms with Gasteiger partial charge in [0.2, 0.25) is 0 Å². The number of aromatic amines is 1. The number of nitrogens with one attached hydrogen (secondary N) is 1. The van der Waals surface area contributed by atoms with Crippen molar-refractivity contribution < 1.29 is 9.13 Å². The number of ether oxygens (including phenoxy) is 1.